The first kappa shape index (κ1) is 12.4. The predicted molar refractivity (Wildman–Crippen MR) is 68.6 cm³/mol. The third kappa shape index (κ3) is 2.45. The van der Waals surface area contributed by atoms with Gasteiger partial charge in [-0.2, -0.15) is 5.10 Å². The minimum atomic E-state index is -0.216. The molecule has 0 aromatic carbocycles. The standard InChI is InChI=1S/C11H17ClN4O/c1-2-4-16-11(17)10(12)9(6-14-16)15-5-3-8(13)7-15/h6,8H,2-5,7,13H2,1H3. The quantitative estimate of drug-likeness (QED) is 0.871. The van der Waals surface area contributed by atoms with Gasteiger partial charge in [0.25, 0.3) is 5.56 Å². The van der Waals surface area contributed by atoms with Gasteiger partial charge in [-0.1, -0.05) is 18.5 Å². The Kier molecular flexibility index (Phi) is 3.69. The fourth-order valence-electron chi connectivity index (χ4n) is 2.05. The summed E-state index contributed by atoms with van der Waals surface area (Å²) in [6, 6.07) is 0.157. The van der Waals surface area contributed by atoms with Gasteiger partial charge in [-0.15, -0.1) is 0 Å². The average Bonchev–Trinajstić information content (AvgIpc) is 2.72. The molecular weight excluding hydrogens is 240 g/mol. The van der Waals surface area contributed by atoms with Crippen molar-refractivity contribution in [2.75, 3.05) is 18.0 Å². The largest absolute Gasteiger partial charge is 0.367 e. The van der Waals surface area contributed by atoms with Crippen molar-refractivity contribution in [3.63, 3.8) is 0 Å². The van der Waals surface area contributed by atoms with Gasteiger partial charge in [0.15, 0.2) is 0 Å². The Hall–Kier alpha value is -1.07. The lowest BCUT2D eigenvalue weighted by atomic mass is 10.3. The molecule has 0 bridgehead atoms. The number of hydrogen-bond donors (Lipinski definition) is 1. The van der Waals surface area contributed by atoms with E-state index in [9.17, 15) is 4.79 Å². The Morgan fingerprint density at radius 2 is 2.41 bits per heavy atom. The van der Waals surface area contributed by atoms with E-state index in [4.69, 9.17) is 17.3 Å². The maximum atomic E-state index is 11.9. The maximum absolute atomic E-state index is 11.9. The van der Waals surface area contributed by atoms with E-state index < -0.39 is 0 Å². The van der Waals surface area contributed by atoms with Crippen molar-refractivity contribution in [3.8, 4) is 0 Å². The molecule has 2 heterocycles. The molecule has 1 aromatic heterocycles. The van der Waals surface area contributed by atoms with Crippen molar-refractivity contribution >= 4 is 17.3 Å². The van der Waals surface area contributed by atoms with Crippen molar-refractivity contribution in [2.24, 2.45) is 5.73 Å². The lowest BCUT2D eigenvalue weighted by Crippen LogP contribution is -2.30. The van der Waals surface area contributed by atoms with Crippen LogP contribution in [-0.2, 0) is 6.54 Å². The third-order valence-electron chi connectivity index (χ3n) is 2.97. The number of hydrogen-bond acceptors (Lipinski definition) is 4. The van der Waals surface area contributed by atoms with Gasteiger partial charge in [0.2, 0.25) is 0 Å². The molecule has 0 spiro atoms. The molecule has 2 rings (SSSR count). The zero-order valence-electron chi connectivity index (χ0n) is 9.90. The first-order valence-corrected chi connectivity index (χ1v) is 6.27. The van der Waals surface area contributed by atoms with Gasteiger partial charge in [0.05, 0.1) is 11.9 Å². The van der Waals surface area contributed by atoms with Crippen molar-refractivity contribution in [2.45, 2.75) is 32.4 Å². The van der Waals surface area contributed by atoms with E-state index in [1.807, 2.05) is 11.8 Å². The van der Waals surface area contributed by atoms with Crippen LogP contribution in [0, 0.1) is 0 Å². The number of aryl methyl sites for hydroxylation is 1. The van der Waals surface area contributed by atoms with Crippen LogP contribution in [0.15, 0.2) is 11.0 Å². The van der Waals surface area contributed by atoms with Gasteiger partial charge in [0.1, 0.15) is 5.02 Å². The van der Waals surface area contributed by atoms with Crippen LogP contribution in [0.5, 0.6) is 0 Å². The van der Waals surface area contributed by atoms with Gasteiger partial charge < -0.3 is 10.6 Å². The molecular formula is C11H17ClN4O. The van der Waals surface area contributed by atoms with E-state index in [0.717, 1.165) is 25.9 Å². The summed E-state index contributed by atoms with van der Waals surface area (Å²) in [7, 11) is 0. The van der Waals surface area contributed by atoms with Gasteiger partial charge in [-0.3, -0.25) is 4.79 Å². The van der Waals surface area contributed by atoms with Crippen LogP contribution in [-0.4, -0.2) is 28.9 Å². The highest BCUT2D eigenvalue weighted by Crippen LogP contribution is 2.24. The first-order chi connectivity index (χ1) is 8.13. The molecule has 94 valence electrons. The molecule has 1 atom stereocenters. The van der Waals surface area contributed by atoms with Crippen molar-refractivity contribution in [1.29, 1.82) is 0 Å². The topological polar surface area (TPSA) is 64.2 Å². The predicted octanol–water partition coefficient (Wildman–Crippen LogP) is 0.844. The van der Waals surface area contributed by atoms with Crippen molar-refractivity contribution in [3.05, 3.63) is 21.6 Å². The molecule has 0 radical (unpaired) electrons. The van der Waals surface area contributed by atoms with Gasteiger partial charge in [0, 0.05) is 25.7 Å². The highest BCUT2D eigenvalue weighted by atomic mass is 35.5. The number of aromatic nitrogens is 2. The van der Waals surface area contributed by atoms with Crippen molar-refractivity contribution < 1.29 is 0 Å². The van der Waals surface area contributed by atoms with E-state index in [1.54, 1.807) is 6.20 Å². The summed E-state index contributed by atoms with van der Waals surface area (Å²) in [6.45, 7) is 4.16. The molecule has 1 saturated heterocycles. The number of nitrogens with zero attached hydrogens (tertiary/aromatic N) is 3. The zero-order valence-corrected chi connectivity index (χ0v) is 10.7. The molecule has 1 aromatic rings. The molecule has 0 saturated carbocycles. The maximum Gasteiger partial charge on any atom is 0.287 e. The van der Waals surface area contributed by atoms with Crippen LogP contribution in [0.3, 0.4) is 0 Å². The number of nitrogens with two attached hydrogens (primary N) is 1. The summed E-state index contributed by atoms with van der Waals surface area (Å²) >= 11 is 6.11. The molecule has 1 aliphatic heterocycles. The summed E-state index contributed by atoms with van der Waals surface area (Å²) < 4.78 is 1.40. The molecule has 5 nitrogen and oxygen atoms in total. The van der Waals surface area contributed by atoms with Crippen LogP contribution in [0.2, 0.25) is 5.02 Å². The minimum Gasteiger partial charge on any atom is -0.367 e. The second-order valence-corrected chi connectivity index (χ2v) is 4.74. The molecule has 1 unspecified atom stereocenters. The van der Waals surface area contributed by atoms with E-state index in [2.05, 4.69) is 5.10 Å². The second-order valence-electron chi connectivity index (χ2n) is 4.37. The molecule has 0 amide bonds. The van der Waals surface area contributed by atoms with Gasteiger partial charge in [-0.25, -0.2) is 4.68 Å². The van der Waals surface area contributed by atoms with E-state index in [1.165, 1.54) is 4.68 Å². The molecule has 0 aliphatic carbocycles. The van der Waals surface area contributed by atoms with Gasteiger partial charge in [-0.05, 0) is 12.8 Å². The van der Waals surface area contributed by atoms with Crippen LogP contribution >= 0.6 is 11.6 Å². The molecule has 2 N–H and O–H groups in total. The van der Waals surface area contributed by atoms with E-state index >= 15 is 0 Å². The Morgan fingerprint density at radius 1 is 1.65 bits per heavy atom. The minimum absolute atomic E-state index is 0.157. The highest BCUT2D eigenvalue weighted by molar-refractivity contribution is 6.33. The Labute approximate surface area is 105 Å². The number of rotatable bonds is 3. The van der Waals surface area contributed by atoms with Crippen molar-refractivity contribution in [1.82, 2.24) is 9.78 Å². The summed E-state index contributed by atoms with van der Waals surface area (Å²) in [5, 5.41) is 4.39. The lowest BCUT2D eigenvalue weighted by Gasteiger charge is -2.19. The normalized spacial score (nSPS) is 19.9. The highest BCUT2D eigenvalue weighted by Gasteiger charge is 2.23. The van der Waals surface area contributed by atoms with E-state index in [0.29, 0.717) is 12.2 Å². The fraction of sp³-hybridized carbons (Fsp3) is 0.636. The Balaban J connectivity index is 2.31. The summed E-state index contributed by atoms with van der Waals surface area (Å²) in [5.74, 6) is 0. The molecule has 1 aliphatic rings. The monoisotopic (exact) mass is 256 g/mol. The van der Waals surface area contributed by atoms with Crippen LogP contribution < -0.4 is 16.2 Å². The zero-order chi connectivity index (χ0) is 12.4. The number of halogens is 1. The van der Waals surface area contributed by atoms with E-state index in [-0.39, 0.29) is 16.6 Å². The SMILES string of the molecule is CCCn1ncc(N2CCC(N)C2)c(Cl)c1=O. The fourth-order valence-corrected chi connectivity index (χ4v) is 2.32. The summed E-state index contributed by atoms with van der Waals surface area (Å²) in [5.41, 5.74) is 6.33. The Bertz CT molecular complexity index is 459. The summed E-state index contributed by atoms with van der Waals surface area (Å²) in [4.78, 5) is 14.0. The van der Waals surface area contributed by atoms with Crippen LogP contribution in [0.25, 0.3) is 0 Å². The summed E-state index contributed by atoms with van der Waals surface area (Å²) in [6.07, 6.45) is 3.45. The number of anilines is 1. The first-order valence-electron chi connectivity index (χ1n) is 5.89. The molecule has 6 heteroatoms. The second kappa shape index (κ2) is 5.06. The molecule has 1 fully saturated rings. The van der Waals surface area contributed by atoms with Crippen LogP contribution in [0.4, 0.5) is 5.69 Å². The Morgan fingerprint density at radius 3 is 3.00 bits per heavy atom. The van der Waals surface area contributed by atoms with Gasteiger partial charge >= 0.3 is 0 Å². The lowest BCUT2D eigenvalue weighted by molar-refractivity contribution is 0.567. The third-order valence-corrected chi connectivity index (χ3v) is 3.32. The smallest absolute Gasteiger partial charge is 0.287 e. The molecule has 17 heavy (non-hydrogen) atoms. The average molecular weight is 257 g/mol. The van der Waals surface area contributed by atoms with Crippen LogP contribution in [0.1, 0.15) is 19.8 Å².